The molecule has 1 fully saturated rings. The van der Waals surface area contributed by atoms with Crippen molar-refractivity contribution in [1.29, 1.82) is 0 Å². The van der Waals surface area contributed by atoms with Gasteiger partial charge in [-0.3, -0.25) is 4.79 Å². The Bertz CT molecular complexity index is 416. The summed E-state index contributed by atoms with van der Waals surface area (Å²) in [7, 11) is 2.00. The van der Waals surface area contributed by atoms with Crippen LogP contribution in [0.5, 0.6) is 0 Å². The van der Waals surface area contributed by atoms with E-state index >= 15 is 0 Å². The minimum Gasteiger partial charge on any atom is -0.341 e. The van der Waals surface area contributed by atoms with E-state index in [9.17, 15) is 4.79 Å². The third-order valence-corrected chi connectivity index (χ3v) is 4.93. The predicted octanol–water partition coefficient (Wildman–Crippen LogP) is 2.55. The number of nitrogens with one attached hydrogen (secondary N) is 1. The molecule has 1 aliphatic rings. The second kappa shape index (κ2) is 7.70. The van der Waals surface area contributed by atoms with E-state index in [1.54, 1.807) is 11.8 Å². The van der Waals surface area contributed by atoms with Gasteiger partial charge in [0.25, 0.3) is 0 Å². The topological polar surface area (TPSA) is 32.3 Å². The second-order valence-corrected chi connectivity index (χ2v) is 6.30. The number of carbonyl (C=O) groups excluding carboxylic acids is 1. The first-order chi connectivity index (χ1) is 9.76. The minimum absolute atomic E-state index is 0.0583. The first-order valence-electron chi connectivity index (χ1n) is 7.27. The van der Waals surface area contributed by atoms with Gasteiger partial charge in [0.15, 0.2) is 0 Å². The van der Waals surface area contributed by atoms with Crippen LogP contribution in [0.2, 0.25) is 0 Å². The summed E-state index contributed by atoms with van der Waals surface area (Å²) in [5, 5.41) is 3.18. The maximum absolute atomic E-state index is 12.7. The zero-order valence-corrected chi connectivity index (χ0v) is 13.2. The molecule has 0 saturated carbocycles. The average Bonchev–Trinajstić information content (AvgIpc) is 2.50. The van der Waals surface area contributed by atoms with Crippen molar-refractivity contribution in [3.63, 3.8) is 0 Å². The Kier molecular flexibility index (Phi) is 5.92. The van der Waals surface area contributed by atoms with Crippen LogP contribution in [0.1, 0.15) is 23.7 Å². The number of thioether (sulfide) groups is 1. The summed E-state index contributed by atoms with van der Waals surface area (Å²) in [5.41, 5.74) is 1.11. The third-order valence-electron chi connectivity index (χ3n) is 3.98. The summed E-state index contributed by atoms with van der Waals surface area (Å²) in [6, 6.07) is 10.1. The molecule has 0 aliphatic carbocycles. The molecular formula is C16H24N2OS. The summed E-state index contributed by atoms with van der Waals surface area (Å²) in [6.45, 7) is 2.86. The molecule has 3 nitrogen and oxygen atoms in total. The van der Waals surface area contributed by atoms with E-state index in [2.05, 4.69) is 5.32 Å². The first-order valence-corrected chi connectivity index (χ1v) is 8.56. The summed E-state index contributed by atoms with van der Waals surface area (Å²) in [6.07, 6.45) is 4.24. The molecule has 1 aliphatic heterocycles. The molecule has 0 radical (unpaired) electrons. The zero-order chi connectivity index (χ0) is 14.4. The molecule has 4 heteroatoms. The van der Waals surface area contributed by atoms with Gasteiger partial charge in [-0.15, -0.1) is 11.8 Å². The average molecular weight is 292 g/mol. The second-order valence-electron chi connectivity index (χ2n) is 5.35. The van der Waals surface area contributed by atoms with Gasteiger partial charge in [-0.2, -0.15) is 0 Å². The van der Waals surface area contributed by atoms with Crippen molar-refractivity contribution in [3.8, 4) is 0 Å². The molecule has 2 rings (SSSR count). The number of hydrogen-bond donors (Lipinski definition) is 1. The normalized spacial score (nSPS) is 18.0. The highest BCUT2D eigenvalue weighted by molar-refractivity contribution is 7.99. The molecular weight excluding hydrogens is 268 g/mol. The van der Waals surface area contributed by atoms with Gasteiger partial charge in [-0.25, -0.2) is 0 Å². The highest BCUT2D eigenvalue weighted by atomic mass is 32.2. The quantitative estimate of drug-likeness (QED) is 0.905. The van der Waals surface area contributed by atoms with E-state index < -0.39 is 0 Å². The highest BCUT2D eigenvalue weighted by Crippen LogP contribution is 2.30. The zero-order valence-electron chi connectivity index (χ0n) is 12.3. The molecule has 1 heterocycles. The van der Waals surface area contributed by atoms with Crippen molar-refractivity contribution >= 4 is 17.7 Å². The van der Waals surface area contributed by atoms with Crippen LogP contribution in [0.25, 0.3) is 0 Å². The fourth-order valence-corrected chi connectivity index (χ4v) is 3.60. The number of amides is 1. The molecule has 0 bridgehead atoms. The predicted molar refractivity (Wildman–Crippen MR) is 85.9 cm³/mol. The third kappa shape index (κ3) is 3.76. The molecule has 0 spiro atoms. The summed E-state index contributed by atoms with van der Waals surface area (Å²) < 4.78 is 0. The van der Waals surface area contributed by atoms with Crippen LogP contribution in [0, 0.1) is 5.92 Å². The molecule has 1 atom stereocenters. The van der Waals surface area contributed by atoms with E-state index in [1.807, 2.05) is 48.5 Å². The smallest absolute Gasteiger partial charge is 0.240 e. The molecule has 1 N–H and O–H groups in total. The largest absolute Gasteiger partial charge is 0.341 e. The van der Waals surface area contributed by atoms with E-state index in [1.165, 1.54) is 0 Å². The van der Waals surface area contributed by atoms with Crippen LogP contribution < -0.4 is 5.32 Å². The van der Waals surface area contributed by atoms with Crippen molar-refractivity contribution in [2.45, 2.75) is 18.1 Å². The summed E-state index contributed by atoms with van der Waals surface area (Å²) in [5.74, 6) is 0.986. The van der Waals surface area contributed by atoms with Gasteiger partial charge >= 0.3 is 0 Å². The lowest BCUT2D eigenvalue weighted by molar-refractivity contribution is -0.132. The van der Waals surface area contributed by atoms with Gasteiger partial charge in [0.2, 0.25) is 5.91 Å². The van der Waals surface area contributed by atoms with Crippen molar-refractivity contribution < 1.29 is 4.79 Å². The van der Waals surface area contributed by atoms with Gasteiger partial charge in [0, 0.05) is 13.1 Å². The van der Waals surface area contributed by atoms with Gasteiger partial charge in [-0.1, -0.05) is 30.3 Å². The van der Waals surface area contributed by atoms with Crippen LogP contribution in [-0.2, 0) is 4.79 Å². The Hall–Kier alpha value is -1.00. The number of likely N-dealkylation sites (tertiary alicyclic amines) is 1. The van der Waals surface area contributed by atoms with Gasteiger partial charge < -0.3 is 10.2 Å². The molecule has 1 unspecified atom stereocenters. The van der Waals surface area contributed by atoms with E-state index in [4.69, 9.17) is 0 Å². The maximum Gasteiger partial charge on any atom is 0.240 e. The Morgan fingerprint density at radius 2 is 2.00 bits per heavy atom. The summed E-state index contributed by atoms with van der Waals surface area (Å²) in [4.78, 5) is 14.7. The number of benzene rings is 1. The molecule has 0 aromatic heterocycles. The molecule has 110 valence electrons. The van der Waals surface area contributed by atoms with Crippen LogP contribution in [0.15, 0.2) is 30.3 Å². The van der Waals surface area contributed by atoms with Crippen molar-refractivity contribution in [2.75, 3.05) is 32.9 Å². The fourth-order valence-electron chi connectivity index (χ4n) is 2.82. The van der Waals surface area contributed by atoms with E-state index in [0.29, 0.717) is 5.92 Å². The highest BCUT2D eigenvalue weighted by Gasteiger charge is 2.28. The Balaban J connectivity index is 1.97. The monoisotopic (exact) mass is 292 g/mol. The lowest BCUT2D eigenvalue weighted by Gasteiger charge is -2.34. The molecule has 20 heavy (non-hydrogen) atoms. The lowest BCUT2D eigenvalue weighted by atomic mass is 9.96. The Labute approximate surface area is 126 Å². The van der Waals surface area contributed by atoms with Crippen molar-refractivity contribution in [1.82, 2.24) is 10.2 Å². The molecule has 1 aromatic rings. The van der Waals surface area contributed by atoms with Crippen LogP contribution in [0.4, 0.5) is 0 Å². The fraction of sp³-hybridized carbons (Fsp3) is 0.562. The van der Waals surface area contributed by atoms with Crippen molar-refractivity contribution in [3.05, 3.63) is 35.9 Å². The van der Waals surface area contributed by atoms with Crippen LogP contribution in [-0.4, -0.2) is 43.7 Å². The molecule has 1 saturated heterocycles. The van der Waals surface area contributed by atoms with Crippen LogP contribution in [0.3, 0.4) is 0 Å². The number of carbonyl (C=O) groups is 1. The Morgan fingerprint density at radius 3 is 2.55 bits per heavy atom. The molecule has 1 amide bonds. The van der Waals surface area contributed by atoms with Gasteiger partial charge in [0.1, 0.15) is 5.25 Å². The lowest BCUT2D eigenvalue weighted by Crippen LogP contribution is -2.42. The number of nitrogens with zero attached hydrogens (tertiary/aromatic N) is 1. The minimum atomic E-state index is -0.0583. The van der Waals surface area contributed by atoms with Gasteiger partial charge in [0.05, 0.1) is 0 Å². The first kappa shape index (κ1) is 15.4. The summed E-state index contributed by atoms with van der Waals surface area (Å²) >= 11 is 1.63. The number of piperidine rings is 1. The van der Waals surface area contributed by atoms with Gasteiger partial charge in [-0.05, 0) is 44.2 Å². The molecule has 1 aromatic carbocycles. The SMILES string of the molecule is CNCC1CCN(C(=O)C(SC)c2ccccc2)CC1. The Morgan fingerprint density at radius 1 is 1.35 bits per heavy atom. The standard InChI is InChI=1S/C16H24N2OS/c1-17-12-13-8-10-18(11-9-13)16(19)15(20-2)14-6-4-3-5-7-14/h3-7,13,15,17H,8-12H2,1-2H3. The number of rotatable bonds is 5. The van der Waals surface area contributed by atoms with E-state index in [-0.39, 0.29) is 11.2 Å². The van der Waals surface area contributed by atoms with E-state index in [0.717, 1.165) is 38.0 Å². The number of hydrogen-bond acceptors (Lipinski definition) is 3. The van der Waals surface area contributed by atoms with Crippen LogP contribution >= 0.6 is 11.8 Å². The van der Waals surface area contributed by atoms with Crippen molar-refractivity contribution in [2.24, 2.45) is 5.92 Å². The maximum atomic E-state index is 12.7.